The molecular weight excluding hydrogens is 363 g/mol. The van der Waals surface area contributed by atoms with Crippen LogP contribution in [0.1, 0.15) is 78.8 Å². The largest absolute Gasteiger partial charge is 0.295 e. The minimum Gasteiger partial charge on any atom is -0.295 e. The Kier molecular flexibility index (Phi) is 7.32. The molecule has 1 unspecified atom stereocenters. The van der Waals surface area contributed by atoms with Crippen molar-refractivity contribution >= 4 is 23.0 Å². The molecule has 2 rings (SSSR count). The highest BCUT2D eigenvalue weighted by Gasteiger charge is 2.39. The molecule has 0 aromatic carbocycles. The van der Waals surface area contributed by atoms with Crippen LogP contribution in [0.4, 0.5) is 4.39 Å². The normalized spacial score (nSPS) is 19.0. The molecule has 1 aliphatic rings. The fraction of sp³-hybridized carbons (Fsp3) is 0.591. The van der Waals surface area contributed by atoms with Gasteiger partial charge in [0.25, 0.3) is 0 Å². The molecule has 1 fully saturated rings. The average molecular weight is 393 g/mol. The van der Waals surface area contributed by atoms with Crippen molar-refractivity contribution in [3.63, 3.8) is 0 Å². The summed E-state index contributed by atoms with van der Waals surface area (Å²) in [7, 11) is 0. The molecule has 1 atom stereocenters. The van der Waals surface area contributed by atoms with E-state index in [0.717, 1.165) is 31.9 Å². The summed E-state index contributed by atoms with van der Waals surface area (Å²) in [4.78, 5) is 20.4. The van der Waals surface area contributed by atoms with Crippen LogP contribution < -0.4 is 0 Å². The molecule has 0 N–H and O–H groups in total. The molecule has 3 nitrogen and oxygen atoms in total. The molecule has 0 bridgehead atoms. The van der Waals surface area contributed by atoms with E-state index in [9.17, 15) is 9.18 Å². The number of nitrogens with zero attached hydrogens (tertiary/aromatic N) is 2. The van der Waals surface area contributed by atoms with Crippen LogP contribution in [0.5, 0.6) is 0 Å². The van der Waals surface area contributed by atoms with Gasteiger partial charge in [-0.05, 0) is 74.1 Å². The first kappa shape index (κ1) is 21.7. The van der Waals surface area contributed by atoms with Crippen LogP contribution in [0, 0.1) is 17.2 Å². The Morgan fingerprint density at radius 2 is 1.96 bits per heavy atom. The number of aromatic nitrogens is 2. The third kappa shape index (κ3) is 4.66. The summed E-state index contributed by atoms with van der Waals surface area (Å²) in [6.07, 6.45) is 9.47. The monoisotopic (exact) mass is 392 g/mol. The van der Waals surface area contributed by atoms with Crippen LogP contribution >= 0.6 is 11.6 Å². The zero-order valence-electron chi connectivity index (χ0n) is 17.0. The Bertz CT molecular complexity index is 764. The summed E-state index contributed by atoms with van der Waals surface area (Å²) in [6.45, 7) is 9.93. The zero-order chi connectivity index (χ0) is 20.2. The van der Waals surface area contributed by atoms with E-state index in [4.69, 9.17) is 11.6 Å². The number of halogens is 2. The molecule has 0 spiro atoms. The fourth-order valence-electron chi connectivity index (χ4n) is 4.42. The van der Waals surface area contributed by atoms with Gasteiger partial charge in [-0.1, -0.05) is 39.2 Å². The molecular formula is C22H30ClFN2O. The SMILES string of the molecule is CCC(C)/C(=C(\C=C(/C)c1nc(Cl)ncc1F)C(C)=O)C1(CC)CCCC1. The van der Waals surface area contributed by atoms with Gasteiger partial charge in [-0.25, -0.2) is 14.4 Å². The third-order valence-corrected chi connectivity index (χ3v) is 6.21. The molecule has 0 radical (unpaired) electrons. The number of carbonyl (C=O) groups excluding carboxylic acids is 1. The molecule has 148 valence electrons. The Morgan fingerprint density at radius 1 is 1.33 bits per heavy atom. The molecule has 0 aliphatic heterocycles. The number of allylic oxidation sites excluding steroid dienone is 4. The van der Waals surface area contributed by atoms with Crippen molar-refractivity contribution < 1.29 is 9.18 Å². The van der Waals surface area contributed by atoms with E-state index in [1.54, 1.807) is 19.9 Å². The van der Waals surface area contributed by atoms with Crippen molar-refractivity contribution in [3.05, 3.63) is 40.2 Å². The first-order valence-corrected chi connectivity index (χ1v) is 10.3. The Balaban J connectivity index is 2.69. The van der Waals surface area contributed by atoms with E-state index in [0.29, 0.717) is 17.1 Å². The van der Waals surface area contributed by atoms with Crippen molar-refractivity contribution in [1.29, 1.82) is 0 Å². The Morgan fingerprint density at radius 3 is 2.48 bits per heavy atom. The number of ketones is 1. The number of Topliss-reactive ketones (excluding diaryl/α,β-unsaturated/α-hetero) is 1. The third-order valence-electron chi connectivity index (χ3n) is 6.03. The van der Waals surface area contributed by atoms with Crippen molar-refractivity contribution in [2.24, 2.45) is 11.3 Å². The van der Waals surface area contributed by atoms with E-state index in [2.05, 4.69) is 30.7 Å². The maximum Gasteiger partial charge on any atom is 0.223 e. The number of carbonyl (C=O) groups is 1. The van der Waals surface area contributed by atoms with Crippen molar-refractivity contribution in [1.82, 2.24) is 9.97 Å². The van der Waals surface area contributed by atoms with Crippen LogP contribution in [0.15, 0.2) is 23.4 Å². The maximum atomic E-state index is 14.2. The predicted octanol–water partition coefficient (Wildman–Crippen LogP) is 6.57. The van der Waals surface area contributed by atoms with E-state index in [1.165, 1.54) is 18.4 Å². The molecule has 27 heavy (non-hydrogen) atoms. The summed E-state index contributed by atoms with van der Waals surface area (Å²) in [5.74, 6) is -0.220. The number of rotatable bonds is 7. The van der Waals surface area contributed by atoms with Crippen LogP contribution in [0.2, 0.25) is 5.28 Å². The van der Waals surface area contributed by atoms with Gasteiger partial charge in [-0.3, -0.25) is 4.79 Å². The van der Waals surface area contributed by atoms with Gasteiger partial charge in [-0.2, -0.15) is 0 Å². The molecule has 1 saturated carbocycles. The maximum absolute atomic E-state index is 14.2. The average Bonchev–Trinajstić information content (AvgIpc) is 3.12. The predicted molar refractivity (Wildman–Crippen MR) is 109 cm³/mol. The summed E-state index contributed by atoms with van der Waals surface area (Å²) in [5.41, 5.74) is 2.74. The summed E-state index contributed by atoms with van der Waals surface area (Å²) >= 11 is 5.85. The second-order valence-electron chi connectivity index (χ2n) is 7.70. The van der Waals surface area contributed by atoms with Crippen molar-refractivity contribution in [2.45, 2.75) is 73.1 Å². The van der Waals surface area contributed by atoms with Gasteiger partial charge < -0.3 is 0 Å². The van der Waals surface area contributed by atoms with Crippen LogP contribution in [0.3, 0.4) is 0 Å². The lowest BCUT2D eigenvalue weighted by Crippen LogP contribution is -2.26. The van der Waals surface area contributed by atoms with Crippen molar-refractivity contribution in [3.8, 4) is 0 Å². The summed E-state index contributed by atoms with van der Waals surface area (Å²) in [6, 6.07) is 0. The molecule has 1 aromatic rings. The standard InChI is InChI=1S/C22H30ClFN2O/c1-6-14(3)19(22(7-2)10-8-9-11-22)17(16(5)27)12-15(4)20-18(24)13-25-21(23)26-20/h12-14H,6-11H2,1-5H3/b15-12+,19-17-. The molecule has 0 saturated heterocycles. The first-order chi connectivity index (χ1) is 12.8. The van der Waals surface area contributed by atoms with E-state index >= 15 is 0 Å². The highest BCUT2D eigenvalue weighted by molar-refractivity contribution is 6.28. The lowest BCUT2D eigenvalue weighted by molar-refractivity contribution is -0.113. The topological polar surface area (TPSA) is 42.9 Å². The highest BCUT2D eigenvalue weighted by atomic mass is 35.5. The number of hydrogen-bond donors (Lipinski definition) is 0. The van der Waals surface area contributed by atoms with Crippen LogP contribution in [-0.4, -0.2) is 15.8 Å². The van der Waals surface area contributed by atoms with E-state index < -0.39 is 5.82 Å². The molecule has 1 aromatic heterocycles. The summed E-state index contributed by atoms with van der Waals surface area (Å²) in [5, 5.41) is -0.00419. The smallest absolute Gasteiger partial charge is 0.223 e. The second kappa shape index (κ2) is 9.09. The molecule has 0 amide bonds. The van der Waals surface area contributed by atoms with Gasteiger partial charge >= 0.3 is 0 Å². The highest BCUT2D eigenvalue weighted by Crippen LogP contribution is 2.51. The van der Waals surface area contributed by atoms with E-state index in [1.807, 2.05) is 0 Å². The van der Waals surface area contributed by atoms with Gasteiger partial charge in [0.15, 0.2) is 11.6 Å². The van der Waals surface area contributed by atoms with E-state index in [-0.39, 0.29) is 22.2 Å². The van der Waals surface area contributed by atoms with Gasteiger partial charge in [0.05, 0.1) is 6.20 Å². The lowest BCUT2D eigenvalue weighted by Gasteiger charge is -2.36. The lowest BCUT2D eigenvalue weighted by atomic mass is 9.68. The number of hydrogen-bond acceptors (Lipinski definition) is 3. The minimum absolute atomic E-state index is 0.00419. The second-order valence-corrected chi connectivity index (χ2v) is 8.03. The van der Waals surface area contributed by atoms with Gasteiger partial charge in [0.1, 0.15) is 5.69 Å². The van der Waals surface area contributed by atoms with Gasteiger partial charge in [0.2, 0.25) is 5.28 Å². The zero-order valence-corrected chi connectivity index (χ0v) is 17.8. The fourth-order valence-corrected chi connectivity index (χ4v) is 4.55. The first-order valence-electron chi connectivity index (χ1n) is 9.88. The van der Waals surface area contributed by atoms with Crippen molar-refractivity contribution in [2.75, 3.05) is 0 Å². The molecule has 5 heteroatoms. The molecule has 1 aliphatic carbocycles. The molecule has 1 heterocycles. The van der Waals surface area contributed by atoms with Gasteiger partial charge in [-0.15, -0.1) is 0 Å². The summed E-state index contributed by atoms with van der Waals surface area (Å²) < 4.78 is 14.2. The van der Waals surface area contributed by atoms with Crippen LogP contribution in [-0.2, 0) is 4.79 Å². The quantitative estimate of drug-likeness (QED) is 0.299. The van der Waals surface area contributed by atoms with Gasteiger partial charge in [0, 0.05) is 5.57 Å². The Labute approximate surface area is 167 Å². The minimum atomic E-state index is -0.535. The van der Waals surface area contributed by atoms with Crippen LogP contribution in [0.25, 0.3) is 5.57 Å². The Hall–Kier alpha value is -1.55.